The van der Waals surface area contributed by atoms with Gasteiger partial charge in [0.15, 0.2) is 5.16 Å². The van der Waals surface area contributed by atoms with Crippen molar-refractivity contribution in [2.45, 2.75) is 30.8 Å². The third-order valence-corrected chi connectivity index (χ3v) is 4.48. The monoisotopic (exact) mass is 304 g/mol. The molecule has 0 N–H and O–H groups in total. The fraction of sp³-hybridized carbons (Fsp3) is 0.400. The molecule has 0 saturated heterocycles. The molecule has 0 spiro atoms. The molecule has 6 heteroatoms. The maximum Gasteiger partial charge on any atom is 0.235 e. The number of carbonyl (C=O) groups excluding carboxylic acids is 1. The molecule has 1 amide bonds. The third-order valence-electron chi connectivity index (χ3n) is 3.34. The van der Waals surface area contributed by atoms with Gasteiger partial charge in [0.05, 0.1) is 5.25 Å². The highest BCUT2D eigenvalue weighted by atomic mass is 32.2. The quantitative estimate of drug-likeness (QED) is 0.795. The van der Waals surface area contributed by atoms with Crippen LogP contribution in [0.3, 0.4) is 0 Å². The fourth-order valence-corrected chi connectivity index (χ4v) is 2.92. The molecule has 112 valence electrons. The largest absolute Gasteiger partial charge is 0.340 e. The molecule has 2 aromatic rings. The average molecular weight is 304 g/mol. The summed E-state index contributed by atoms with van der Waals surface area (Å²) in [7, 11) is 3.71. The zero-order chi connectivity index (χ0) is 15.4. The Hall–Kier alpha value is -1.82. The maximum absolute atomic E-state index is 12.4. The number of nitrogens with zero attached hydrogens (tertiary/aromatic N) is 4. The lowest BCUT2D eigenvalue weighted by molar-refractivity contribution is -0.129. The van der Waals surface area contributed by atoms with E-state index < -0.39 is 0 Å². The normalized spacial score (nSPS) is 12.2. The smallest absolute Gasteiger partial charge is 0.235 e. The predicted molar refractivity (Wildman–Crippen MR) is 84.0 cm³/mol. The maximum atomic E-state index is 12.4. The standard InChI is InChI=1S/C15H20N4OS/c1-11-7-5-6-8-13(11)9-18(3)14(20)12(2)21-15-17-16-10-19(15)4/h5-8,10,12H,9H2,1-4H3. The van der Waals surface area contributed by atoms with E-state index in [2.05, 4.69) is 29.3 Å². The van der Waals surface area contributed by atoms with Crippen LogP contribution in [0.2, 0.25) is 0 Å². The Morgan fingerprint density at radius 2 is 2.14 bits per heavy atom. The van der Waals surface area contributed by atoms with E-state index in [0.29, 0.717) is 6.54 Å². The van der Waals surface area contributed by atoms with Crippen LogP contribution in [-0.2, 0) is 18.4 Å². The van der Waals surface area contributed by atoms with Gasteiger partial charge in [-0.05, 0) is 25.0 Å². The molecule has 1 aromatic heterocycles. The van der Waals surface area contributed by atoms with Crippen LogP contribution in [-0.4, -0.2) is 37.9 Å². The van der Waals surface area contributed by atoms with Gasteiger partial charge in [-0.3, -0.25) is 4.79 Å². The summed E-state index contributed by atoms with van der Waals surface area (Å²) in [5.74, 6) is 0.0891. The van der Waals surface area contributed by atoms with Crippen molar-refractivity contribution in [2.75, 3.05) is 7.05 Å². The van der Waals surface area contributed by atoms with E-state index >= 15 is 0 Å². The summed E-state index contributed by atoms with van der Waals surface area (Å²) < 4.78 is 1.82. The summed E-state index contributed by atoms with van der Waals surface area (Å²) in [6.45, 7) is 4.58. The van der Waals surface area contributed by atoms with Crippen LogP contribution in [0.1, 0.15) is 18.1 Å². The van der Waals surface area contributed by atoms with Crippen molar-refractivity contribution < 1.29 is 4.79 Å². The molecule has 1 aromatic carbocycles. The number of aryl methyl sites for hydroxylation is 2. The van der Waals surface area contributed by atoms with Gasteiger partial charge in [-0.2, -0.15) is 0 Å². The van der Waals surface area contributed by atoms with Crippen molar-refractivity contribution in [2.24, 2.45) is 7.05 Å². The molecule has 0 radical (unpaired) electrons. The highest BCUT2D eigenvalue weighted by Crippen LogP contribution is 2.22. The predicted octanol–water partition coefficient (Wildman–Crippen LogP) is 2.26. The molecule has 0 aliphatic rings. The van der Waals surface area contributed by atoms with Gasteiger partial charge < -0.3 is 9.47 Å². The Balaban J connectivity index is 1.99. The van der Waals surface area contributed by atoms with Crippen LogP contribution >= 0.6 is 11.8 Å². The molecule has 1 heterocycles. The summed E-state index contributed by atoms with van der Waals surface area (Å²) in [5.41, 5.74) is 2.37. The Morgan fingerprint density at radius 3 is 2.76 bits per heavy atom. The number of hydrogen-bond donors (Lipinski definition) is 0. The minimum absolute atomic E-state index is 0.0891. The lowest BCUT2D eigenvalue weighted by Crippen LogP contribution is -2.33. The van der Waals surface area contributed by atoms with Gasteiger partial charge in [-0.15, -0.1) is 10.2 Å². The number of carbonyl (C=O) groups is 1. The van der Waals surface area contributed by atoms with Gasteiger partial charge in [0, 0.05) is 20.6 Å². The molecule has 0 saturated carbocycles. The van der Waals surface area contributed by atoms with E-state index in [1.165, 1.54) is 22.9 Å². The highest BCUT2D eigenvalue weighted by Gasteiger charge is 2.21. The van der Waals surface area contributed by atoms with E-state index in [-0.39, 0.29) is 11.2 Å². The Kier molecular flexibility index (Phi) is 5.01. The number of hydrogen-bond acceptors (Lipinski definition) is 4. The first-order valence-corrected chi connectivity index (χ1v) is 7.67. The van der Waals surface area contributed by atoms with Crippen molar-refractivity contribution in [3.63, 3.8) is 0 Å². The van der Waals surface area contributed by atoms with E-state index in [9.17, 15) is 4.79 Å². The number of thioether (sulfide) groups is 1. The lowest BCUT2D eigenvalue weighted by atomic mass is 10.1. The number of amides is 1. The fourth-order valence-electron chi connectivity index (χ4n) is 2.02. The van der Waals surface area contributed by atoms with E-state index in [0.717, 1.165) is 5.16 Å². The molecule has 5 nitrogen and oxygen atoms in total. The van der Waals surface area contributed by atoms with Crippen LogP contribution < -0.4 is 0 Å². The second kappa shape index (κ2) is 6.76. The minimum atomic E-state index is -0.193. The van der Waals surface area contributed by atoms with Crippen LogP contribution in [0, 0.1) is 6.92 Å². The molecule has 2 rings (SSSR count). The number of rotatable bonds is 5. The lowest BCUT2D eigenvalue weighted by Gasteiger charge is -2.21. The molecular weight excluding hydrogens is 284 g/mol. The Bertz CT molecular complexity index is 626. The zero-order valence-electron chi connectivity index (χ0n) is 12.8. The summed E-state index contributed by atoms with van der Waals surface area (Å²) in [5, 5.41) is 8.38. The van der Waals surface area contributed by atoms with Crippen LogP contribution in [0.15, 0.2) is 35.7 Å². The summed E-state index contributed by atoms with van der Waals surface area (Å²) >= 11 is 1.43. The molecular formula is C15H20N4OS. The molecule has 1 unspecified atom stereocenters. The molecule has 1 atom stereocenters. The van der Waals surface area contributed by atoms with E-state index in [1.54, 1.807) is 11.2 Å². The summed E-state index contributed by atoms with van der Waals surface area (Å²) in [4.78, 5) is 14.2. The van der Waals surface area contributed by atoms with Gasteiger partial charge >= 0.3 is 0 Å². The average Bonchev–Trinajstić information content (AvgIpc) is 2.86. The topological polar surface area (TPSA) is 51.0 Å². The first-order chi connectivity index (χ1) is 9.99. The molecule has 0 bridgehead atoms. The van der Waals surface area contributed by atoms with Gasteiger partial charge in [0.25, 0.3) is 0 Å². The van der Waals surface area contributed by atoms with Crippen LogP contribution in [0.25, 0.3) is 0 Å². The van der Waals surface area contributed by atoms with E-state index in [4.69, 9.17) is 0 Å². The Labute approximate surface area is 129 Å². The number of benzene rings is 1. The second-order valence-electron chi connectivity index (χ2n) is 5.11. The first-order valence-electron chi connectivity index (χ1n) is 6.79. The van der Waals surface area contributed by atoms with Crippen molar-refractivity contribution in [1.82, 2.24) is 19.7 Å². The Morgan fingerprint density at radius 1 is 1.43 bits per heavy atom. The van der Waals surface area contributed by atoms with Crippen molar-refractivity contribution in [3.05, 3.63) is 41.7 Å². The van der Waals surface area contributed by atoms with Crippen molar-refractivity contribution in [3.8, 4) is 0 Å². The van der Waals surface area contributed by atoms with Gasteiger partial charge in [0.2, 0.25) is 5.91 Å². The summed E-state index contributed by atoms with van der Waals surface area (Å²) in [6.07, 6.45) is 1.64. The summed E-state index contributed by atoms with van der Waals surface area (Å²) in [6, 6.07) is 8.12. The zero-order valence-corrected chi connectivity index (χ0v) is 13.6. The molecule has 0 aliphatic carbocycles. The molecule has 0 fully saturated rings. The first kappa shape index (κ1) is 15.6. The van der Waals surface area contributed by atoms with Gasteiger partial charge in [0.1, 0.15) is 6.33 Å². The third kappa shape index (κ3) is 3.85. The highest BCUT2D eigenvalue weighted by molar-refractivity contribution is 8.00. The second-order valence-corrected chi connectivity index (χ2v) is 6.41. The van der Waals surface area contributed by atoms with Crippen LogP contribution in [0.4, 0.5) is 0 Å². The van der Waals surface area contributed by atoms with E-state index in [1.807, 2.05) is 37.7 Å². The minimum Gasteiger partial charge on any atom is -0.340 e. The van der Waals surface area contributed by atoms with Crippen molar-refractivity contribution in [1.29, 1.82) is 0 Å². The van der Waals surface area contributed by atoms with Crippen LogP contribution in [0.5, 0.6) is 0 Å². The molecule has 21 heavy (non-hydrogen) atoms. The van der Waals surface area contributed by atoms with Gasteiger partial charge in [-0.1, -0.05) is 36.0 Å². The SMILES string of the molecule is Cc1ccccc1CN(C)C(=O)C(C)Sc1nncn1C. The number of aromatic nitrogens is 3. The van der Waals surface area contributed by atoms with Crippen molar-refractivity contribution >= 4 is 17.7 Å². The molecule has 0 aliphatic heterocycles. The van der Waals surface area contributed by atoms with Gasteiger partial charge in [-0.25, -0.2) is 0 Å².